The van der Waals surface area contributed by atoms with Gasteiger partial charge in [0.1, 0.15) is 18.0 Å². The van der Waals surface area contributed by atoms with Crippen LogP contribution in [-0.4, -0.2) is 37.5 Å². The Labute approximate surface area is 165 Å². The molecule has 0 saturated heterocycles. The summed E-state index contributed by atoms with van der Waals surface area (Å²) in [4.78, 5) is 23.4. The number of carbonyl (C=O) groups excluding carboxylic acids is 2. The van der Waals surface area contributed by atoms with Gasteiger partial charge in [-0.25, -0.2) is 14.0 Å². The molecule has 7 heteroatoms. The number of ether oxygens (including phenoxy) is 3. The largest absolute Gasteiger partial charge is 0.458 e. The Bertz CT molecular complexity index is 650. The van der Waals surface area contributed by atoms with Gasteiger partial charge < -0.3 is 14.2 Å². The van der Waals surface area contributed by atoms with Crippen molar-refractivity contribution in [1.82, 2.24) is 0 Å². The molecular weight excluding hydrogens is 365 g/mol. The summed E-state index contributed by atoms with van der Waals surface area (Å²) in [6, 6.07) is 5.68. The number of rotatable bonds is 7. The molecule has 1 aliphatic rings. The zero-order chi connectivity index (χ0) is 20.6. The highest BCUT2D eigenvalue weighted by Crippen LogP contribution is 2.29. The molecule has 0 unspecified atom stereocenters. The normalized spacial score (nSPS) is 19.7. The molecule has 1 N–H and O–H groups in total. The standard InChI is InChI=1S/C21H30FNO5/c1-21(2,3)28-19(24)14-26-12-15-7-9-16(10-8-15)13-27-20(25)23-18-6-4-5-17(22)11-18/h4-6,11,15-16H,7-10,12-14H2,1-3H3,(H,23,25)/t15-,16-. The summed E-state index contributed by atoms with van der Waals surface area (Å²) in [6.07, 6.45) is 3.23. The van der Waals surface area contributed by atoms with Crippen LogP contribution in [0.3, 0.4) is 0 Å². The number of halogens is 1. The Kier molecular flexibility index (Phi) is 8.23. The second-order valence-corrected chi connectivity index (χ2v) is 8.22. The molecule has 6 nitrogen and oxygen atoms in total. The summed E-state index contributed by atoms with van der Waals surface area (Å²) in [5.74, 6) is -0.0518. The van der Waals surface area contributed by atoms with Crippen molar-refractivity contribution in [2.45, 2.75) is 52.1 Å². The first kappa shape index (κ1) is 22.1. The van der Waals surface area contributed by atoms with Crippen molar-refractivity contribution in [3.05, 3.63) is 30.1 Å². The van der Waals surface area contributed by atoms with Crippen LogP contribution < -0.4 is 5.32 Å². The number of hydrogen-bond donors (Lipinski definition) is 1. The average molecular weight is 395 g/mol. The molecule has 1 aromatic rings. The number of amides is 1. The molecule has 1 amide bonds. The van der Waals surface area contributed by atoms with E-state index in [1.165, 1.54) is 18.2 Å². The second-order valence-electron chi connectivity index (χ2n) is 8.22. The fourth-order valence-electron chi connectivity index (χ4n) is 3.16. The maximum Gasteiger partial charge on any atom is 0.411 e. The first-order valence-corrected chi connectivity index (χ1v) is 9.70. The number of hydrogen-bond acceptors (Lipinski definition) is 5. The van der Waals surface area contributed by atoms with Crippen molar-refractivity contribution in [2.24, 2.45) is 11.8 Å². The Morgan fingerprint density at radius 3 is 2.36 bits per heavy atom. The first-order valence-electron chi connectivity index (χ1n) is 9.70. The number of nitrogens with one attached hydrogen (secondary N) is 1. The van der Waals surface area contributed by atoms with E-state index < -0.39 is 17.5 Å². The third kappa shape index (κ3) is 8.69. The molecule has 0 heterocycles. The van der Waals surface area contributed by atoms with E-state index in [4.69, 9.17) is 14.2 Å². The highest BCUT2D eigenvalue weighted by atomic mass is 19.1. The predicted octanol–water partition coefficient (Wildman–Crippen LogP) is 4.54. The summed E-state index contributed by atoms with van der Waals surface area (Å²) in [5.41, 5.74) is -0.129. The van der Waals surface area contributed by atoms with Crippen molar-refractivity contribution in [2.75, 3.05) is 25.1 Å². The van der Waals surface area contributed by atoms with Crippen LogP contribution in [0, 0.1) is 17.7 Å². The molecule has 2 rings (SSSR count). The van der Waals surface area contributed by atoms with Gasteiger partial charge in [-0.1, -0.05) is 6.07 Å². The Hall–Kier alpha value is -2.15. The van der Waals surface area contributed by atoms with E-state index >= 15 is 0 Å². The Morgan fingerprint density at radius 1 is 1.11 bits per heavy atom. The second kappa shape index (κ2) is 10.4. The summed E-state index contributed by atoms with van der Waals surface area (Å²) in [6.45, 7) is 6.33. The molecule has 1 saturated carbocycles. The van der Waals surface area contributed by atoms with Crippen LogP contribution in [-0.2, 0) is 19.0 Å². The lowest BCUT2D eigenvalue weighted by Crippen LogP contribution is -2.28. The van der Waals surface area contributed by atoms with Gasteiger partial charge in [0.15, 0.2) is 0 Å². The fraction of sp³-hybridized carbons (Fsp3) is 0.619. The SMILES string of the molecule is CC(C)(C)OC(=O)COC[C@H]1CC[C@H](COC(=O)Nc2cccc(F)c2)CC1. The van der Waals surface area contributed by atoms with Gasteiger partial charge >= 0.3 is 12.1 Å². The zero-order valence-corrected chi connectivity index (χ0v) is 16.8. The van der Waals surface area contributed by atoms with Crippen molar-refractivity contribution in [3.63, 3.8) is 0 Å². The van der Waals surface area contributed by atoms with Gasteiger partial charge in [0, 0.05) is 5.69 Å². The Balaban J connectivity index is 1.58. The minimum absolute atomic E-state index is 0.0272. The molecule has 0 aliphatic heterocycles. The average Bonchev–Trinajstić information content (AvgIpc) is 2.59. The smallest absolute Gasteiger partial charge is 0.411 e. The topological polar surface area (TPSA) is 73.9 Å². The molecule has 0 spiro atoms. The van der Waals surface area contributed by atoms with Crippen molar-refractivity contribution >= 4 is 17.7 Å². The predicted molar refractivity (Wildman–Crippen MR) is 103 cm³/mol. The number of esters is 1. The summed E-state index contributed by atoms with van der Waals surface area (Å²) in [7, 11) is 0. The van der Waals surface area contributed by atoms with Crippen LogP contribution in [0.25, 0.3) is 0 Å². The van der Waals surface area contributed by atoms with Gasteiger partial charge in [-0.15, -0.1) is 0 Å². The summed E-state index contributed by atoms with van der Waals surface area (Å²) in [5, 5.41) is 2.52. The third-order valence-electron chi connectivity index (χ3n) is 4.48. The van der Waals surface area contributed by atoms with Gasteiger partial charge in [0.05, 0.1) is 13.2 Å². The van der Waals surface area contributed by atoms with E-state index in [0.29, 0.717) is 30.7 Å². The molecule has 156 valence electrons. The quantitative estimate of drug-likeness (QED) is 0.686. The highest BCUT2D eigenvalue weighted by Gasteiger charge is 2.23. The maximum atomic E-state index is 13.1. The molecule has 1 aromatic carbocycles. The molecule has 0 bridgehead atoms. The molecule has 1 fully saturated rings. The van der Waals surface area contributed by atoms with Crippen LogP contribution in [0.4, 0.5) is 14.9 Å². The maximum absolute atomic E-state index is 13.1. The van der Waals surface area contributed by atoms with Crippen LogP contribution in [0.15, 0.2) is 24.3 Å². The number of anilines is 1. The Morgan fingerprint density at radius 2 is 1.75 bits per heavy atom. The summed E-state index contributed by atoms with van der Waals surface area (Å²) >= 11 is 0. The lowest BCUT2D eigenvalue weighted by molar-refractivity contribution is -0.160. The van der Waals surface area contributed by atoms with Crippen LogP contribution >= 0.6 is 0 Å². The van der Waals surface area contributed by atoms with Gasteiger partial charge in [0.2, 0.25) is 0 Å². The van der Waals surface area contributed by atoms with E-state index in [1.807, 2.05) is 20.8 Å². The molecule has 0 aromatic heterocycles. The molecular formula is C21H30FNO5. The van der Waals surface area contributed by atoms with Crippen LogP contribution in [0.5, 0.6) is 0 Å². The van der Waals surface area contributed by atoms with Crippen LogP contribution in [0.1, 0.15) is 46.5 Å². The molecule has 0 radical (unpaired) electrons. The molecule has 28 heavy (non-hydrogen) atoms. The van der Waals surface area contributed by atoms with Gasteiger partial charge in [0.25, 0.3) is 0 Å². The molecule has 1 aliphatic carbocycles. The van der Waals surface area contributed by atoms with E-state index in [1.54, 1.807) is 6.07 Å². The highest BCUT2D eigenvalue weighted by molar-refractivity contribution is 5.84. The van der Waals surface area contributed by atoms with E-state index in [9.17, 15) is 14.0 Å². The van der Waals surface area contributed by atoms with E-state index in [2.05, 4.69) is 5.32 Å². The van der Waals surface area contributed by atoms with Crippen molar-refractivity contribution < 1.29 is 28.2 Å². The monoisotopic (exact) mass is 395 g/mol. The van der Waals surface area contributed by atoms with Gasteiger partial charge in [-0.05, 0) is 76.5 Å². The third-order valence-corrected chi connectivity index (χ3v) is 4.48. The molecule has 0 atom stereocenters. The van der Waals surface area contributed by atoms with E-state index in [-0.39, 0.29) is 12.6 Å². The lowest BCUT2D eigenvalue weighted by Gasteiger charge is -2.28. The first-order chi connectivity index (χ1) is 13.2. The fourth-order valence-corrected chi connectivity index (χ4v) is 3.16. The van der Waals surface area contributed by atoms with Crippen molar-refractivity contribution in [3.8, 4) is 0 Å². The van der Waals surface area contributed by atoms with Gasteiger partial charge in [-0.2, -0.15) is 0 Å². The van der Waals surface area contributed by atoms with Gasteiger partial charge in [-0.3, -0.25) is 5.32 Å². The van der Waals surface area contributed by atoms with E-state index in [0.717, 1.165) is 25.7 Å². The minimum atomic E-state index is -0.576. The zero-order valence-electron chi connectivity index (χ0n) is 16.8. The summed E-state index contributed by atoms with van der Waals surface area (Å²) < 4.78 is 29.1. The number of carbonyl (C=O) groups is 2. The lowest BCUT2D eigenvalue weighted by atomic mass is 9.83. The number of benzene rings is 1. The van der Waals surface area contributed by atoms with Crippen LogP contribution in [0.2, 0.25) is 0 Å². The van der Waals surface area contributed by atoms with Crippen molar-refractivity contribution in [1.29, 1.82) is 0 Å². The minimum Gasteiger partial charge on any atom is -0.458 e.